The molecule has 0 aliphatic heterocycles. The number of halogens is 1. The van der Waals surface area contributed by atoms with Gasteiger partial charge in [0.1, 0.15) is 4.90 Å². The minimum atomic E-state index is -3.85. The first-order valence-electron chi connectivity index (χ1n) is 4.40. The van der Waals surface area contributed by atoms with Gasteiger partial charge in [-0.2, -0.15) is 5.26 Å². The number of hydrogen-bond acceptors (Lipinski definition) is 4. The SMILES string of the molecule is CN=C(NC#N)NS(=O)(=O)c1ccccc1Cl. The zero-order chi connectivity index (χ0) is 12.9. The number of hydrogen-bond donors (Lipinski definition) is 2. The van der Waals surface area contributed by atoms with E-state index in [0.29, 0.717) is 0 Å². The van der Waals surface area contributed by atoms with E-state index in [1.54, 1.807) is 18.3 Å². The molecule has 0 unspecified atom stereocenters. The molecule has 1 aromatic carbocycles. The van der Waals surface area contributed by atoms with Gasteiger partial charge in [-0.25, -0.2) is 13.1 Å². The smallest absolute Gasteiger partial charge is 0.262 e. The zero-order valence-electron chi connectivity index (χ0n) is 8.81. The van der Waals surface area contributed by atoms with Crippen molar-refractivity contribution in [1.29, 1.82) is 5.26 Å². The number of guanidine groups is 1. The minimum absolute atomic E-state index is 0.0810. The Hall–Kier alpha value is -1.78. The third-order valence-corrected chi connectivity index (χ3v) is 3.59. The average molecular weight is 273 g/mol. The Morgan fingerprint density at radius 1 is 1.47 bits per heavy atom. The number of benzene rings is 1. The van der Waals surface area contributed by atoms with Crippen molar-refractivity contribution in [2.24, 2.45) is 4.99 Å². The molecule has 0 saturated carbocycles. The van der Waals surface area contributed by atoms with Crippen molar-refractivity contribution < 1.29 is 8.42 Å². The Kier molecular flexibility index (Phi) is 4.31. The quantitative estimate of drug-likeness (QED) is 0.358. The summed E-state index contributed by atoms with van der Waals surface area (Å²) in [7, 11) is -2.51. The molecule has 17 heavy (non-hydrogen) atoms. The first-order valence-corrected chi connectivity index (χ1v) is 6.26. The summed E-state index contributed by atoms with van der Waals surface area (Å²) in [6, 6.07) is 5.96. The van der Waals surface area contributed by atoms with E-state index in [-0.39, 0.29) is 15.9 Å². The first kappa shape index (κ1) is 13.3. The molecule has 0 fully saturated rings. The van der Waals surface area contributed by atoms with Crippen LogP contribution >= 0.6 is 11.6 Å². The van der Waals surface area contributed by atoms with Gasteiger partial charge in [0.2, 0.25) is 5.96 Å². The molecule has 0 spiro atoms. The highest BCUT2D eigenvalue weighted by Crippen LogP contribution is 2.19. The van der Waals surface area contributed by atoms with Crippen molar-refractivity contribution in [3.8, 4) is 6.19 Å². The molecule has 0 radical (unpaired) electrons. The number of aliphatic imine (C=N–C) groups is 1. The van der Waals surface area contributed by atoms with Gasteiger partial charge in [-0.15, -0.1) is 0 Å². The van der Waals surface area contributed by atoms with Crippen LogP contribution in [0.1, 0.15) is 0 Å². The summed E-state index contributed by atoms with van der Waals surface area (Å²) in [5.74, 6) is -0.174. The highest BCUT2D eigenvalue weighted by molar-refractivity contribution is 7.90. The Morgan fingerprint density at radius 3 is 2.65 bits per heavy atom. The zero-order valence-corrected chi connectivity index (χ0v) is 10.4. The van der Waals surface area contributed by atoms with Crippen LogP contribution in [0.2, 0.25) is 5.02 Å². The molecule has 0 aliphatic rings. The molecule has 0 aliphatic carbocycles. The maximum atomic E-state index is 11.9. The molecule has 8 heteroatoms. The molecular weight excluding hydrogens is 264 g/mol. The molecule has 1 aromatic rings. The number of nitrogens with zero attached hydrogens (tertiary/aromatic N) is 2. The number of nitriles is 1. The van der Waals surface area contributed by atoms with E-state index >= 15 is 0 Å². The lowest BCUT2D eigenvalue weighted by Crippen LogP contribution is -2.38. The molecule has 0 bridgehead atoms. The summed E-state index contributed by atoms with van der Waals surface area (Å²) in [4.78, 5) is 3.49. The van der Waals surface area contributed by atoms with E-state index in [0.717, 1.165) is 0 Å². The van der Waals surface area contributed by atoms with E-state index in [1.807, 2.05) is 0 Å². The third-order valence-electron chi connectivity index (χ3n) is 1.76. The largest absolute Gasteiger partial charge is 0.265 e. The molecule has 6 nitrogen and oxygen atoms in total. The van der Waals surface area contributed by atoms with Crippen molar-refractivity contribution in [3.05, 3.63) is 29.3 Å². The average Bonchev–Trinajstić information content (AvgIpc) is 2.28. The molecule has 0 aromatic heterocycles. The van der Waals surface area contributed by atoms with Gasteiger partial charge < -0.3 is 0 Å². The van der Waals surface area contributed by atoms with Crippen molar-refractivity contribution in [3.63, 3.8) is 0 Å². The van der Waals surface area contributed by atoms with Crippen molar-refractivity contribution >= 4 is 27.6 Å². The maximum Gasteiger partial charge on any atom is 0.265 e. The van der Waals surface area contributed by atoms with E-state index in [9.17, 15) is 8.42 Å². The molecule has 0 saturated heterocycles. The van der Waals surface area contributed by atoms with Gasteiger partial charge >= 0.3 is 0 Å². The van der Waals surface area contributed by atoms with Crippen LogP contribution in [-0.2, 0) is 10.0 Å². The van der Waals surface area contributed by atoms with Gasteiger partial charge in [-0.1, -0.05) is 23.7 Å². The molecule has 2 N–H and O–H groups in total. The predicted octanol–water partition coefficient (Wildman–Crippen LogP) is 0.675. The first-order chi connectivity index (χ1) is 8.01. The second-order valence-corrected chi connectivity index (χ2v) is 4.90. The summed E-state index contributed by atoms with van der Waals surface area (Å²) in [5, 5.41) is 10.6. The second kappa shape index (κ2) is 5.52. The number of sulfonamides is 1. The monoisotopic (exact) mass is 272 g/mol. The fourth-order valence-corrected chi connectivity index (χ4v) is 2.55. The Labute approximate surface area is 104 Å². The van der Waals surface area contributed by atoms with Gasteiger partial charge in [-0.05, 0) is 12.1 Å². The fraction of sp³-hybridized carbons (Fsp3) is 0.111. The second-order valence-electron chi connectivity index (χ2n) is 2.84. The molecule has 0 amide bonds. The van der Waals surface area contributed by atoms with Crippen LogP contribution in [0.3, 0.4) is 0 Å². The van der Waals surface area contributed by atoms with Crippen LogP contribution < -0.4 is 10.0 Å². The van der Waals surface area contributed by atoms with Gasteiger partial charge in [0.25, 0.3) is 10.0 Å². The van der Waals surface area contributed by atoms with Crippen LogP contribution in [-0.4, -0.2) is 21.4 Å². The molecule has 1 rings (SSSR count). The molecular formula is C9H9ClN4O2S. The van der Waals surface area contributed by atoms with E-state index in [4.69, 9.17) is 16.9 Å². The van der Waals surface area contributed by atoms with Crippen LogP contribution in [0.25, 0.3) is 0 Å². The van der Waals surface area contributed by atoms with E-state index < -0.39 is 10.0 Å². The normalized spacial score (nSPS) is 11.7. The lowest BCUT2D eigenvalue weighted by atomic mass is 10.4. The predicted molar refractivity (Wildman–Crippen MR) is 63.9 cm³/mol. The molecule has 0 heterocycles. The van der Waals surface area contributed by atoms with Crippen LogP contribution in [0.5, 0.6) is 0 Å². The number of rotatable bonds is 2. The highest BCUT2D eigenvalue weighted by Gasteiger charge is 2.18. The Morgan fingerprint density at radius 2 is 2.12 bits per heavy atom. The Balaban J connectivity index is 3.06. The summed E-state index contributed by atoms with van der Waals surface area (Å²) in [6.45, 7) is 0. The fourth-order valence-electron chi connectivity index (χ4n) is 1.02. The van der Waals surface area contributed by atoms with E-state index in [1.165, 1.54) is 19.2 Å². The standard InChI is InChI=1S/C9H9ClN4O2S/c1-12-9(13-6-11)14-17(15,16)8-5-3-2-4-7(8)10/h2-5H,1H3,(H2,12,13,14). The van der Waals surface area contributed by atoms with Gasteiger partial charge in [0.15, 0.2) is 6.19 Å². The van der Waals surface area contributed by atoms with Crippen LogP contribution in [0.15, 0.2) is 34.2 Å². The lowest BCUT2D eigenvalue weighted by Gasteiger charge is -2.09. The summed E-state index contributed by atoms with van der Waals surface area (Å²) < 4.78 is 25.8. The third kappa shape index (κ3) is 3.34. The van der Waals surface area contributed by atoms with E-state index in [2.05, 4.69) is 15.0 Å². The summed E-state index contributed by atoms with van der Waals surface area (Å²) >= 11 is 5.77. The van der Waals surface area contributed by atoms with Crippen molar-refractivity contribution in [2.45, 2.75) is 4.90 Å². The number of nitrogens with one attached hydrogen (secondary N) is 2. The Bertz CT molecular complexity index is 577. The van der Waals surface area contributed by atoms with Gasteiger partial charge in [0.05, 0.1) is 5.02 Å². The molecule has 90 valence electrons. The highest BCUT2D eigenvalue weighted by atomic mass is 35.5. The summed E-state index contributed by atoms with van der Waals surface area (Å²) in [5.41, 5.74) is 0. The lowest BCUT2D eigenvalue weighted by molar-refractivity contribution is 0.592. The summed E-state index contributed by atoms with van der Waals surface area (Å²) in [6.07, 6.45) is 1.57. The maximum absolute atomic E-state index is 11.9. The van der Waals surface area contributed by atoms with Crippen LogP contribution in [0.4, 0.5) is 0 Å². The minimum Gasteiger partial charge on any atom is -0.262 e. The van der Waals surface area contributed by atoms with Gasteiger partial charge in [0, 0.05) is 7.05 Å². The van der Waals surface area contributed by atoms with Gasteiger partial charge in [-0.3, -0.25) is 10.3 Å². The van der Waals surface area contributed by atoms with Crippen molar-refractivity contribution in [1.82, 2.24) is 10.0 Å². The van der Waals surface area contributed by atoms with Crippen molar-refractivity contribution in [2.75, 3.05) is 7.05 Å². The van der Waals surface area contributed by atoms with Crippen LogP contribution in [0, 0.1) is 11.5 Å². The topological polar surface area (TPSA) is 94.3 Å². The molecule has 0 atom stereocenters.